The topological polar surface area (TPSA) is 59.0 Å². The van der Waals surface area contributed by atoms with E-state index in [1.54, 1.807) is 18.6 Å². The Morgan fingerprint density at radius 2 is 2.23 bits per heavy atom. The van der Waals surface area contributed by atoms with Crippen LogP contribution in [-0.2, 0) is 6.42 Å². The minimum Gasteiger partial charge on any atom is -0.334 e. The maximum absolute atomic E-state index is 12.5. The van der Waals surface area contributed by atoms with Gasteiger partial charge in [0.15, 0.2) is 0 Å². The summed E-state index contributed by atoms with van der Waals surface area (Å²) in [4.78, 5) is 26.8. The second-order valence-electron chi connectivity index (χ2n) is 5.73. The Morgan fingerprint density at radius 1 is 1.32 bits per heavy atom. The molecule has 22 heavy (non-hydrogen) atoms. The lowest BCUT2D eigenvalue weighted by atomic mass is 10.0. The third-order valence-corrected chi connectivity index (χ3v) is 4.15. The maximum Gasteiger partial charge on any atom is 0.274 e. The number of hydrogen-bond donors (Lipinski definition) is 0. The largest absolute Gasteiger partial charge is 0.334 e. The molecular formula is C17H20N4O. The van der Waals surface area contributed by atoms with E-state index in [0.717, 1.165) is 37.9 Å². The molecule has 1 aliphatic heterocycles. The fourth-order valence-corrected chi connectivity index (χ4v) is 3.05. The number of likely N-dealkylation sites (tertiary alicyclic amines) is 1. The van der Waals surface area contributed by atoms with Gasteiger partial charge in [-0.15, -0.1) is 0 Å². The van der Waals surface area contributed by atoms with Crippen molar-refractivity contribution in [1.82, 2.24) is 19.9 Å². The summed E-state index contributed by atoms with van der Waals surface area (Å²) in [6, 6.07) is 4.46. The van der Waals surface area contributed by atoms with Crippen LogP contribution in [0.5, 0.6) is 0 Å². The first kappa shape index (κ1) is 14.6. The Hall–Kier alpha value is -2.30. The number of aryl methyl sites for hydroxylation is 2. The lowest BCUT2D eigenvalue weighted by Crippen LogP contribution is -2.36. The van der Waals surface area contributed by atoms with Gasteiger partial charge in [0.05, 0.1) is 6.20 Å². The Bertz CT molecular complexity index is 644. The van der Waals surface area contributed by atoms with Crippen LogP contribution in [0, 0.1) is 6.92 Å². The molecule has 5 nitrogen and oxygen atoms in total. The second-order valence-corrected chi connectivity index (χ2v) is 5.73. The predicted molar refractivity (Wildman–Crippen MR) is 83.4 cm³/mol. The Morgan fingerprint density at radius 3 is 3.00 bits per heavy atom. The zero-order valence-electron chi connectivity index (χ0n) is 12.8. The Kier molecular flexibility index (Phi) is 4.42. The number of carbonyl (C=O) groups is 1. The van der Waals surface area contributed by atoms with E-state index >= 15 is 0 Å². The highest BCUT2D eigenvalue weighted by atomic mass is 16.2. The Labute approximate surface area is 130 Å². The van der Waals surface area contributed by atoms with Crippen molar-refractivity contribution in [1.29, 1.82) is 0 Å². The molecule has 1 fully saturated rings. The summed E-state index contributed by atoms with van der Waals surface area (Å²) in [5.74, 6) is 0.00140. The molecule has 1 atom stereocenters. The van der Waals surface area contributed by atoms with Gasteiger partial charge in [-0.2, -0.15) is 0 Å². The molecule has 2 aromatic heterocycles. The van der Waals surface area contributed by atoms with Gasteiger partial charge in [0.25, 0.3) is 5.91 Å². The lowest BCUT2D eigenvalue weighted by Gasteiger charge is -2.24. The molecule has 0 N–H and O–H groups in total. The summed E-state index contributed by atoms with van der Waals surface area (Å²) in [7, 11) is 0. The van der Waals surface area contributed by atoms with Gasteiger partial charge in [-0.3, -0.25) is 14.8 Å². The van der Waals surface area contributed by atoms with Crippen molar-refractivity contribution >= 4 is 5.91 Å². The molecule has 0 saturated carbocycles. The van der Waals surface area contributed by atoms with Crippen LogP contribution >= 0.6 is 0 Å². The predicted octanol–water partition coefficient (Wildman–Crippen LogP) is 2.42. The molecule has 0 aliphatic carbocycles. The van der Waals surface area contributed by atoms with Gasteiger partial charge in [0, 0.05) is 36.9 Å². The first-order chi connectivity index (χ1) is 10.7. The number of nitrogens with zero attached hydrogens (tertiary/aromatic N) is 4. The summed E-state index contributed by atoms with van der Waals surface area (Å²) in [6.45, 7) is 2.82. The van der Waals surface area contributed by atoms with Crippen LogP contribution in [0.25, 0.3) is 0 Å². The van der Waals surface area contributed by atoms with Crippen molar-refractivity contribution in [2.24, 2.45) is 0 Å². The number of carbonyl (C=O) groups excluding carboxylic acids is 1. The van der Waals surface area contributed by atoms with Crippen molar-refractivity contribution in [2.75, 3.05) is 6.54 Å². The highest BCUT2D eigenvalue weighted by Crippen LogP contribution is 2.23. The smallest absolute Gasteiger partial charge is 0.274 e. The van der Waals surface area contributed by atoms with Crippen molar-refractivity contribution < 1.29 is 4.79 Å². The minimum atomic E-state index is 0.00140. The average molecular weight is 296 g/mol. The zero-order valence-corrected chi connectivity index (χ0v) is 12.8. The van der Waals surface area contributed by atoms with E-state index < -0.39 is 0 Å². The molecule has 3 rings (SSSR count). The average Bonchev–Trinajstić information content (AvgIpc) is 3.01. The number of rotatable bonds is 4. The molecule has 2 aromatic rings. The van der Waals surface area contributed by atoms with Gasteiger partial charge < -0.3 is 4.90 Å². The first-order valence-corrected chi connectivity index (χ1v) is 7.72. The van der Waals surface area contributed by atoms with Crippen molar-refractivity contribution in [3.63, 3.8) is 0 Å². The van der Waals surface area contributed by atoms with E-state index in [-0.39, 0.29) is 5.91 Å². The van der Waals surface area contributed by atoms with Crippen molar-refractivity contribution in [2.45, 2.75) is 38.6 Å². The number of pyridine rings is 1. The fourth-order valence-electron chi connectivity index (χ4n) is 3.05. The molecule has 1 amide bonds. The summed E-state index contributed by atoms with van der Waals surface area (Å²) >= 11 is 0. The number of hydrogen-bond acceptors (Lipinski definition) is 4. The summed E-state index contributed by atoms with van der Waals surface area (Å²) in [5.41, 5.74) is 2.76. The van der Waals surface area contributed by atoms with Crippen LogP contribution in [-0.4, -0.2) is 38.3 Å². The molecule has 0 bridgehead atoms. The normalized spacial score (nSPS) is 17.7. The Balaban J connectivity index is 1.65. The van der Waals surface area contributed by atoms with E-state index in [4.69, 9.17) is 0 Å². The molecule has 3 heterocycles. The van der Waals surface area contributed by atoms with Crippen LogP contribution in [0.3, 0.4) is 0 Å². The van der Waals surface area contributed by atoms with E-state index in [1.807, 2.05) is 18.0 Å². The quantitative estimate of drug-likeness (QED) is 0.869. The van der Waals surface area contributed by atoms with E-state index in [2.05, 4.69) is 27.1 Å². The lowest BCUT2D eigenvalue weighted by molar-refractivity contribution is 0.0724. The molecule has 0 unspecified atom stereocenters. The molecule has 0 aromatic carbocycles. The van der Waals surface area contributed by atoms with Gasteiger partial charge >= 0.3 is 0 Å². The van der Waals surface area contributed by atoms with Crippen LogP contribution in [0.2, 0.25) is 0 Å². The fraction of sp³-hybridized carbons (Fsp3) is 0.412. The van der Waals surface area contributed by atoms with Gasteiger partial charge in [-0.05, 0) is 50.3 Å². The standard InChI is InChI=1S/C17H20N4O/c1-13-11-14(6-7-19-13)4-5-15-3-2-10-21(15)17(22)16-12-18-8-9-20-16/h6-9,11-12,15H,2-5,10H2,1H3/t15-/m0/s1. The molecule has 114 valence electrons. The van der Waals surface area contributed by atoms with Crippen molar-refractivity contribution in [3.8, 4) is 0 Å². The molecule has 0 spiro atoms. The highest BCUT2D eigenvalue weighted by Gasteiger charge is 2.29. The number of amides is 1. The number of aromatic nitrogens is 3. The first-order valence-electron chi connectivity index (χ1n) is 7.72. The highest BCUT2D eigenvalue weighted by molar-refractivity contribution is 5.92. The molecule has 5 heteroatoms. The van der Waals surface area contributed by atoms with Crippen LogP contribution in [0.1, 0.15) is 41.0 Å². The third-order valence-electron chi connectivity index (χ3n) is 4.15. The molecule has 0 radical (unpaired) electrons. The van der Waals surface area contributed by atoms with Gasteiger partial charge in [0.2, 0.25) is 0 Å². The maximum atomic E-state index is 12.5. The minimum absolute atomic E-state index is 0.00140. The SMILES string of the molecule is Cc1cc(CC[C@@H]2CCCN2C(=O)c2cnccn2)ccn1. The van der Waals surface area contributed by atoms with Gasteiger partial charge in [0.1, 0.15) is 5.69 Å². The van der Waals surface area contributed by atoms with Crippen LogP contribution in [0.4, 0.5) is 0 Å². The van der Waals surface area contributed by atoms with Gasteiger partial charge in [-0.25, -0.2) is 4.98 Å². The van der Waals surface area contributed by atoms with Crippen LogP contribution in [0.15, 0.2) is 36.9 Å². The van der Waals surface area contributed by atoms with Gasteiger partial charge in [-0.1, -0.05) is 0 Å². The van der Waals surface area contributed by atoms with E-state index in [1.165, 1.54) is 5.56 Å². The molecule has 1 aliphatic rings. The van der Waals surface area contributed by atoms with E-state index in [0.29, 0.717) is 11.7 Å². The van der Waals surface area contributed by atoms with E-state index in [9.17, 15) is 4.79 Å². The summed E-state index contributed by atoms with van der Waals surface area (Å²) in [6.07, 6.45) is 10.6. The molecule has 1 saturated heterocycles. The van der Waals surface area contributed by atoms with Crippen LogP contribution < -0.4 is 0 Å². The molecular weight excluding hydrogens is 276 g/mol. The zero-order chi connectivity index (χ0) is 15.4. The monoisotopic (exact) mass is 296 g/mol. The van der Waals surface area contributed by atoms with Crippen molar-refractivity contribution in [3.05, 3.63) is 53.9 Å². The second kappa shape index (κ2) is 6.64. The summed E-state index contributed by atoms with van der Waals surface area (Å²) in [5, 5.41) is 0. The summed E-state index contributed by atoms with van der Waals surface area (Å²) < 4.78 is 0. The third kappa shape index (κ3) is 3.30.